The molecule has 1 fully saturated rings. The summed E-state index contributed by atoms with van der Waals surface area (Å²) in [5.74, 6) is -1.21. The average Bonchev–Trinajstić information content (AvgIpc) is 3.44. The fourth-order valence-corrected chi connectivity index (χ4v) is 2.36. The van der Waals surface area contributed by atoms with Crippen LogP contribution in [0.1, 0.15) is 36.2 Å². The molecule has 3 rings (SSSR count). The van der Waals surface area contributed by atoms with Gasteiger partial charge in [0.15, 0.2) is 6.10 Å². The third-order valence-electron chi connectivity index (χ3n) is 3.84. The van der Waals surface area contributed by atoms with Crippen LogP contribution in [0, 0.1) is 0 Å². The summed E-state index contributed by atoms with van der Waals surface area (Å²) >= 11 is 0. The SMILES string of the molecule is O=C(NC1CC1)[C@@H](OC(=O)[C@H](O)c1ccccc1)c1ccccc1. The van der Waals surface area contributed by atoms with Crippen LogP contribution in [0.2, 0.25) is 0 Å². The Kier molecular flexibility index (Phi) is 4.91. The van der Waals surface area contributed by atoms with E-state index in [1.807, 2.05) is 6.07 Å². The first-order chi connectivity index (χ1) is 11.6. The predicted molar refractivity (Wildman–Crippen MR) is 87.8 cm³/mol. The topological polar surface area (TPSA) is 75.6 Å². The fourth-order valence-electron chi connectivity index (χ4n) is 2.36. The van der Waals surface area contributed by atoms with E-state index in [-0.39, 0.29) is 11.9 Å². The van der Waals surface area contributed by atoms with E-state index < -0.39 is 18.2 Å². The average molecular weight is 325 g/mol. The summed E-state index contributed by atoms with van der Waals surface area (Å²) in [5, 5.41) is 13.0. The number of hydrogen-bond donors (Lipinski definition) is 2. The molecule has 0 heterocycles. The first kappa shape index (κ1) is 16.2. The van der Waals surface area contributed by atoms with Gasteiger partial charge in [0.05, 0.1) is 0 Å². The Morgan fingerprint density at radius 1 is 0.958 bits per heavy atom. The summed E-state index contributed by atoms with van der Waals surface area (Å²) in [6, 6.07) is 17.5. The third kappa shape index (κ3) is 4.00. The Morgan fingerprint density at radius 2 is 1.50 bits per heavy atom. The van der Waals surface area contributed by atoms with E-state index in [0.29, 0.717) is 11.1 Å². The summed E-state index contributed by atoms with van der Waals surface area (Å²) in [6.07, 6.45) is -0.620. The molecule has 24 heavy (non-hydrogen) atoms. The molecular formula is C19H19NO4. The van der Waals surface area contributed by atoms with Crippen molar-refractivity contribution in [2.24, 2.45) is 0 Å². The summed E-state index contributed by atoms with van der Waals surface area (Å²) in [7, 11) is 0. The minimum atomic E-state index is -1.42. The number of carbonyl (C=O) groups is 2. The molecule has 2 N–H and O–H groups in total. The zero-order chi connectivity index (χ0) is 16.9. The smallest absolute Gasteiger partial charge is 0.340 e. The second-order valence-corrected chi connectivity index (χ2v) is 5.82. The highest BCUT2D eigenvalue weighted by Gasteiger charge is 2.32. The van der Waals surface area contributed by atoms with E-state index in [9.17, 15) is 14.7 Å². The summed E-state index contributed by atoms with van der Waals surface area (Å²) in [4.78, 5) is 24.7. The molecule has 0 spiro atoms. The normalized spacial score (nSPS) is 16.0. The molecule has 5 heteroatoms. The second kappa shape index (κ2) is 7.27. The Hall–Kier alpha value is -2.66. The number of carbonyl (C=O) groups excluding carboxylic acids is 2. The molecule has 0 bridgehead atoms. The first-order valence-corrected chi connectivity index (χ1v) is 7.94. The van der Waals surface area contributed by atoms with Crippen molar-refractivity contribution in [1.29, 1.82) is 0 Å². The van der Waals surface area contributed by atoms with Crippen molar-refractivity contribution >= 4 is 11.9 Å². The monoisotopic (exact) mass is 325 g/mol. The Labute approximate surface area is 140 Å². The lowest BCUT2D eigenvalue weighted by Gasteiger charge is -2.20. The Morgan fingerprint density at radius 3 is 2.04 bits per heavy atom. The van der Waals surface area contributed by atoms with E-state index in [0.717, 1.165) is 12.8 Å². The van der Waals surface area contributed by atoms with Crippen LogP contribution in [0.4, 0.5) is 0 Å². The minimum Gasteiger partial charge on any atom is -0.445 e. The number of nitrogens with one attached hydrogen (secondary N) is 1. The van der Waals surface area contributed by atoms with E-state index in [1.165, 1.54) is 0 Å². The van der Waals surface area contributed by atoms with Crippen LogP contribution in [0.3, 0.4) is 0 Å². The number of hydrogen-bond acceptors (Lipinski definition) is 4. The number of ether oxygens (including phenoxy) is 1. The quantitative estimate of drug-likeness (QED) is 0.799. The second-order valence-electron chi connectivity index (χ2n) is 5.82. The predicted octanol–water partition coefficient (Wildman–Crippen LogP) is 2.28. The number of benzene rings is 2. The zero-order valence-electron chi connectivity index (χ0n) is 13.1. The van der Waals surface area contributed by atoms with Gasteiger partial charge in [-0.05, 0) is 18.4 Å². The zero-order valence-corrected chi connectivity index (χ0v) is 13.1. The molecule has 5 nitrogen and oxygen atoms in total. The van der Waals surface area contributed by atoms with E-state index in [4.69, 9.17) is 4.74 Å². The highest BCUT2D eigenvalue weighted by molar-refractivity contribution is 5.86. The van der Waals surface area contributed by atoms with Gasteiger partial charge in [-0.25, -0.2) is 4.79 Å². The molecule has 1 aliphatic rings. The van der Waals surface area contributed by atoms with E-state index in [1.54, 1.807) is 54.6 Å². The molecule has 2 atom stereocenters. The number of aliphatic hydroxyl groups excluding tert-OH is 1. The molecule has 124 valence electrons. The van der Waals surface area contributed by atoms with Crippen LogP contribution in [-0.4, -0.2) is 23.0 Å². The molecule has 0 unspecified atom stereocenters. The van der Waals surface area contributed by atoms with Gasteiger partial charge in [-0.3, -0.25) is 4.79 Å². The van der Waals surface area contributed by atoms with E-state index >= 15 is 0 Å². The van der Waals surface area contributed by atoms with Gasteiger partial charge in [-0.15, -0.1) is 0 Å². The van der Waals surface area contributed by atoms with E-state index in [2.05, 4.69) is 5.32 Å². The lowest BCUT2D eigenvalue weighted by atomic mass is 10.1. The van der Waals surface area contributed by atoms with Crippen LogP contribution >= 0.6 is 0 Å². The summed E-state index contributed by atoms with van der Waals surface area (Å²) in [5.41, 5.74) is 1.00. The number of amides is 1. The molecule has 0 aromatic heterocycles. The lowest BCUT2D eigenvalue weighted by molar-refractivity contribution is -0.165. The van der Waals surface area contributed by atoms with Gasteiger partial charge in [-0.2, -0.15) is 0 Å². The van der Waals surface area contributed by atoms with Crippen molar-refractivity contribution in [2.75, 3.05) is 0 Å². The highest BCUT2D eigenvalue weighted by Crippen LogP contribution is 2.25. The standard InChI is InChI=1S/C19H19NO4/c21-16(13-7-3-1-4-8-13)19(23)24-17(14-9-5-2-6-10-14)18(22)20-15-11-12-15/h1-10,15-17,21H,11-12H2,(H,20,22)/t16-,17+/m1/s1. The molecular weight excluding hydrogens is 306 g/mol. The fraction of sp³-hybridized carbons (Fsp3) is 0.263. The van der Waals surface area contributed by atoms with Crippen LogP contribution in [-0.2, 0) is 14.3 Å². The van der Waals surface area contributed by atoms with Gasteiger partial charge in [0.25, 0.3) is 5.91 Å². The van der Waals surface area contributed by atoms with Crippen molar-refractivity contribution in [3.8, 4) is 0 Å². The van der Waals surface area contributed by atoms with Crippen molar-refractivity contribution in [2.45, 2.75) is 31.1 Å². The first-order valence-electron chi connectivity index (χ1n) is 7.94. The molecule has 0 radical (unpaired) electrons. The van der Waals surface area contributed by atoms with Gasteiger partial charge < -0.3 is 15.2 Å². The minimum absolute atomic E-state index is 0.154. The van der Waals surface area contributed by atoms with Crippen molar-refractivity contribution in [3.05, 3.63) is 71.8 Å². The Bertz CT molecular complexity index is 698. The number of esters is 1. The van der Waals surface area contributed by atoms with Gasteiger partial charge in [0, 0.05) is 11.6 Å². The highest BCUT2D eigenvalue weighted by atomic mass is 16.6. The van der Waals surface area contributed by atoms with Crippen molar-refractivity contribution in [3.63, 3.8) is 0 Å². The summed E-state index contributed by atoms with van der Waals surface area (Å²) in [6.45, 7) is 0. The lowest BCUT2D eigenvalue weighted by Crippen LogP contribution is -2.34. The van der Waals surface area contributed by atoms with Crippen molar-refractivity contribution in [1.82, 2.24) is 5.32 Å². The Balaban J connectivity index is 1.75. The molecule has 2 aromatic rings. The van der Waals surface area contributed by atoms with Crippen LogP contribution in [0.15, 0.2) is 60.7 Å². The molecule has 1 saturated carbocycles. The molecule has 0 saturated heterocycles. The van der Waals surface area contributed by atoms with Crippen LogP contribution in [0.5, 0.6) is 0 Å². The molecule has 1 aliphatic carbocycles. The molecule has 1 amide bonds. The maximum absolute atomic E-state index is 12.4. The largest absolute Gasteiger partial charge is 0.445 e. The van der Waals surface area contributed by atoms with Gasteiger partial charge >= 0.3 is 5.97 Å². The van der Waals surface area contributed by atoms with Gasteiger partial charge in [-0.1, -0.05) is 60.7 Å². The number of aliphatic hydroxyl groups is 1. The third-order valence-corrected chi connectivity index (χ3v) is 3.84. The van der Waals surface area contributed by atoms with Gasteiger partial charge in [0.2, 0.25) is 6.10 Å². The van der Waals surface area contributed by atoms with Gasteiger partial charge in [0.1, 0.15) is 0 Å². The maximum atomic E-state index is 12.4. The maximum Gasteiger partial charge on any atom is 0.340 e. The van der Waals surface area contributed by atoms with Crippen LogP contribution < -0.4 is 5.32 Å². The van der Waals surface area contributed by atoms with Crippen LogP contribution in [0.25, 0.3) is 0 Å². The van der Waals surface area contributed by atoms with Crippen molar-refractivity contribution < 1.29 is 19.4 Å². The summed E-state index contributed by atoms with van der Waals surface area (Å²) < 4.78 is 5.34. The number of rotatable bonds is 6. The molecule has 2 aromatic carbocycles. The molecule has 0 aliphatic heterocycles.